The van der Waals surface area contributed by atoms with Crippen molar-refractivity contribution in [1.29, 1.82) is 0 Å². The van der Waals surface area contributed by atoms with E-state index >= 15 is 0 Å². The molecule has 19 heavy (non-hydrogen) atoms. The van der Waals surface area contributed by atoms with Crippen molar-refractivity contribution in [3.8, 4) is 11.5 Å². The summed E-state index contributed by atoms with van der Waals surface area (Å²) in [6.07, 6.45) is 0.642. The molecule has 0 fully saturated rings. The highest BCUT2D eigenvalue weighted by atomic mass is 16.4. The second-order valence-corrected chi connectivity index (χ2v) is 4.29. The average Bonchev–Trinajstić information content (AvgIpc) is 2.89. The first-order chi connectivity index (χ1) is 9.31. The number of anilines is 1. The quantitative estimate of drug-likeness (QED) is 0.727. The van der Waals surface area contributed by atoms with E-state index < -0.39 is 0 Å². The van der Waals surface area contributed by atoms with Crippen molar-refractivity contribution in [1.82, 2.24) is 10.2 Å². The number of nitrogen functional groups attached to an aromatic ring is 1. The Hall–Kier alpha value is -2.62. The number of aromatic nitrogens is 2. The molecule has 0 amide bonds. The van der Waals surface area contributed by atoms with Crippen LogP contribution >= 0.6 is 0 Å². The summed E-state index contributed by atoms with van der Waals surface area (Å²) in [5, 5.41) is 8.12. The third-order valence-corrected chi connectivity index (χ3v) is 2.82. The van der Waals surface area contributed by atoms with Gasteiger partial charge < -0.3 is 10.2 Å². The molecule has 3 rings (SSSR count). The number of benzene rings is 2. The Morgan fingerprint density at radius 3 is 2.37 bits per heavy atom. The molecular formula is C15H13N3O. The lowest BCUT2D eigenvalue weighted by Gasteiger charge is -1.96. The monoisotopic (exact) mass is 251 g/mol. The van der Waals surface area contributed by atoms with E-state index in [4.69, 9.17) is 10.2 Å². The smallest absolute Gasteiger partial charge is 0.247 e. The lowest BCUT2D eigenvalue weighted by molar-refractivity contribution is 0.518. The molecule has 0 aliphatic heterocycles. The fourth-order valence-electron chi connectivity index (χ4n) is 1.84. The highest BCUT2D eigenvalue weighted by Crippen LogP contribution is 2.20. The molecule has 0 radical (unpaired) electrons. The van der Waals surface area contributed by atoms with Gasteiger partial charge in [-0.3, -0.25) is 0 Å². The molecule has 4 heteroatoms. The van der Waals surface area contributed by atoms with Gasteiger partial charge in [-0.15, -0.1) is 10.2 Å². The zero-order valence-corrected chi connectivity index (χ0v) is 10.3. The maximum Gasteiger partial charge on any atom is 0.247 e. The number of nitrogens with two attached hydrogens (primary N) is 1. The van der Waals surface area contributed by atoms with Gasteiger partial charge in [-0.25, -0.2) is 0 Å². The highest BCUT2D eigenvalue weighted by molar-refractivity contribution is 5.56. The van der Waals surface area contributed by atoms with Crippen LogP contribution in [0.1, 0.15) is 11.5 Å². The van der Waals surface area contributed by atoms with Crippen LogP contribution < -0.4 is 5.73 Å². The van der Waals surface area contributed by atoms with E-state index in [2.05, 4.69) is 10.2 Å². The second kappa shape index (κ2) is 4.94. The summed E-state index contributed by atoms with van der Waals surface area (Å²) in [4.78, 5) is 0. The summed E-state index contributed by atoms with van der Waals surface area (Å²) in [5.41, 5.74) is 8.39. The minimum atomic E-state index is 0.519. The fourth-order valence-corrected chi connectivity index (χ4v) is 1.84. The molecule has 2 N–H and O–H groups in total. The Labute approximate surface area is 110 Å². The van der Waals surface area contributed by atoms with E-state index in [9.17, 15) is 0 Å². The minimum Gasteiger partial charge on any atom is -0.420 e. The van der Waals surface area contributed by atoms with Crippen LogP contribution in [0.2, 0.25) is 0 Å². The minimum absolute atomic E-state index is 0.519. The summed E-state index contributed by atoms with van der Waals surface area (Å²) in [6.45, 7) is 0. The van der Waals surface area contributed by atoms with Crippen LogP contribution in [0.4, 0.5) is 5.69 Å². The molecule has 0 unspecified atom stereocenters. The summed E-state index contributed by atoms with van der Waals surface area (Å²) in [6, 6.07) is 17.4. The molecule has 94 valence electrons. The fraction of sp³-hybridized carbons (Fsp3) is 0.0667. The summed E-state index contributed by atoms with van der Waals surface area (Å²) in [5.74, 6) is 1.13. The molecule has 0 spiro atoms. The first-order valence-electron chi connectivity index (χ1n) is 6.03. The van der Waals surface area contributed by atoms with Crippen molar-refractivity contribution in [2.45, 2.75) is 6.42 Å². The van der Waals surface area contributed by atoms with Crippen molar-refractivity contribution in [2.75, 3.05) is 5.73 Å². The standard InChI is InChI=1S/C15H13N3O/c16-13-8-6-12(7-9-13)15-18-17-14(19-15)10-11-4-2-1-3-5-11/h1-9H,10,16H2. The zero-order valence-electron chi connectivity index (χ0n) is 10.3. The van der Waals surface area contributed by atoms with Crippen LogP contribution in [0.5, 0.6) is 0 Å². The van der Waals surface area contributed by atoms with Crippen molar-refractivity contribution in [3.05, 3.63) is 66.1 Å². The highest BCUT2D eigenvalue weighted by Gasteiger charge is 2.08. The molecule has 0 aliphatic carbocycles. The van der Waals surface area contributed by atoms with E-state index in [1.807, 2.05) is 54.6 Å². The molecule has 1 heterocycles. The average molecular weight is 251 g/mol. The van der Waals surface area contributed by atoms with Gasteiger partial charge in [0, 0.05) is 11.3 Å². The van der Waals surface area contributed by atoms with Crippen LogP contribution in [-0.4, -0.2) is 10.2 Å². The Bertz CT molecular complexity index is 659. The number of nitrogens with zero attached hydrogens (tertiary/aromatic N) is 2. The molecule has 0 saturated carbocycles. The third-order valence-electron chi connectivity index (χ3n) is 2.82. The third kappa shape index (κ3) is 2.63. The lowest BCUT2D eigenvalue weighted by Crippen LogP contribution is -1.87. The Balaban J connectivity index is 1.82. The van der Waals surface area contributed by atoms with Crippen molar-refractivity contribution in [2.24, 2.45) is 0 Å². The number of hydrogen-bond acceptors (Lipinski definition) is 4. The van der Waals surface area contributed by atoms with Crippen LogP contribution in [0.3, 0.4) is 0 Å². The van der Waals surface area contributed by atoms with E-state index in [0.717, 1.165) is 11.1 Å². The molecule has 0 saturated heterocycles. The van der Waals surface area contributed by atoms with Crippen molar-refractivity contribution < 1.29 is 4.42 Å². The van der Waals surface area contributed by atoms with Gasteiger partial charge in [0.25, 0.3) is 0 Å². The molecule has 0 aliphatic rings. The Kier molecular flexibility index (Phi) is 2.98. The largest absolute Gasteiger partial charge is 0.420 e. The van der Waals surface area contributed by atoms with E-state index in [-0.39, 0.29) is 0 Å². The van der Waals surface area contributed by atoms with Crippen molar-refractivity contribution >= 4 is 5.69 Å². The molecule has 1 aromatic heterocycles. The van der Waals surface area contributed by atoms with Gasteiger partial charge >= 0.3 is 0 Å². The summed E-state index contributed by atoms with van der Waals surface area (Å²) >= 11 is 0. The van der Waals surface area contributed by atoms with Crippen LogP contribution in [0.25, 0.3) is 11.5 Å². The van der Waals surface area contributed by atoms with Crippen LogP contribution in [-0.2, 0) is 6.42 Å². The number of hydrogen-bond donors (Lipinski definition) is 1. The van der Waals surface area contributed by atoms with E-state index in [0.29, 0.717) is 23.9 Å². The second-order valence-electron chi connectivity index (χ2n) is 4.29. The molecule has 0 atom stereocenters. The number of rotatable bonds is 3. The van der Waals surface area contributed by atoms with Crippen LogP contribution in [0, 0.1) is 0 Å². The summed E-state index contributed by atoms with van der Waals surface area (Å²) < 4.78 is 5.65. The molecule has 3 aromatic rings. The van der Waals surface area contributed by atoms with E-state index in [1.165, 1.54) is 0 Å². The molecule has 0 bridgehead atoms. The van der Waals surface area contributed by atoms with Gasteiger partial charge in [-0.2, -0.15) is 0 Å². The van der Waals surface area contributed by atoms with Gasteiger partial charge in [0.05, 0.1) is 6.42 Å². The summed E-state index contributed by atoms with van der Waals surface area (Å²) in [7, 11) is 0. The van der Waals surface area contributed by atoms with Crippen LogP contribution in [0.15, 0.2) is 59.0 Å². The Morgan fingerprint density at radius 1 is 0.895 bits per heavy atom. The first kappa shape index (κ1) is 11.5. The van der Waals surface area contributed by atoms with Gasteiger partial charge in [0.1, 0.15) is 0 Å². The SMILES string of the molecule is Nc1ccc(-c2nnc(Cc3ccccc3)o2)cc1. The van der Waals surface area contributed by atoms with Gasteiger partial charge in [-0.05, 0) is 29.8 Å². The first-order valence-corrected chi connectivity index (χ1v) is 6.03. The molecule has 2 aromatic carbocycles. The Morgan fingerprint density at radius 2 is 1.63 bits per heavy atom. The molecular weight excluding hydrogens is 238 g/mol. The predicted molar refractivity (Wildman–Crippen MR) is 73.4 cm³/mol. The van der Waals surface area contributed by atoms with E-state index in [1.54, 1.807) is 0 Å². The topological polar surface area (TPSA) is 64.9 Å². The van der Waals surface area contributed by atoms with Gasteiger partial charge in [0.2, 0.25) is 11.8 Å². The maximum absolute atomic E-state index is 5.65. The normalized spacial score (nSPS) is 10.5. The van der Waals surface area contributed by atoms with Gasteiger partial charge in [-0.1, -0.05) is 30.3 Å². The maximum atomic E-state index is 5.65. The predicted octanol–water partition coefficient (Wildman–Crippen LogP) is 2.91. The lowest BCUT2D eigenvalue weighted by atomic mass is 10.1. The zero-order chi connectivity index (χ0) is 13.1. The molecule has 4 nitrogen and oxygen atoms in total. The van der Waals surface area contributed by atoms with Crippen molar-refractivity contribution in [3.63, 3.8) is 0 Å². The van der Waals surface area contributed by atoms with Gasteiger partial charge in [0.15, 0.2) is 0 Å².